The number of pyridine rings is 1. The van der Waals surface area contributed by atoms with Crippen molar-refractivity contribution in [2.45, 2.75) is 27.2 Å². The first-order valence-corrected chi connectivity index (χ1v) is 8.11. The highest BCUT2D eigenvalue weighted by molar-refractivity contribution is 7.16. The zero-order chi connectivity index (χ0) is 17.0. The molecular weight excluding hydrogens is 314 g/mol. The lowest BCUT2D eigenvalue weighted by atomic mass is 10.1. The van der Waals surface area contributed by atoms with Gasteiger partial charge in [-0.05, 0) is 38.0 Å². The van der Waals surface area contributed by atoms with Gasteiger partial charge in [0.15, 0.2) is 0 Å². The summed E-state index contributed by atoms with van der Waals surface area (Å²) >= 11 is 1.36. The van der Waals surface area contributed by atoms with Gasteiger partial charge in [-0.1, -0.05) is 6.92 Å². The van der Waals surface area contributed by atoms with Gasteiger partial charge in [-0.25, -0.2) is 9.78 Å². The van der Waals surface area contributed by atoms with Gasteiger partial charge in [0.2, 0.25) is 0 Å². The monoisotopic (exact) mass is 333 g/mol. The van der Waals surface area contributed by atoms with Crippen LogP contribution in [0, 0.1) is 6.92 Å². The molecule has 0 spiro atoms. The van der Waals surface area contributed by atoms with Gasteiger partial charge in [0.25, 0.3) is 5.91 Å². The van der Waals surface area contributed by atoms with E-state index in [4.69, 9.17) is 10.5 Å². The molecule has 1 amide bonds. The third kappa shape index (κ3) is 3.68. The summed E-state index contributed by atoms with van der Waals surface area (Å²) in [5.41, 5.74) is 7.61. The number of anilines is 2. The van der Waals surface area contributed by atoms with Gasteiger partial charge in [0.1, 0.15) is 10.7 Å². The van der Waals surface area contributed by atoms with Crippen LogP contribution in [-0.4, -0.2) is 23.5 Å². The second-order valence-corrected chi connectivity index (χ2v) is 6.07. The Balaban J connectivity index is 2.33. The zero-order valence-corrected chi connectivity index (χ0v) is 14.1. The molecule has 122 valence electrons. The van der Waals surface area contributed by atoms with Crippen LogP contribution in [0.4, 0.5) is 10.7 Å². The molecule has 0 atom stereocenters. The van der Waals surface area contributed by atoms with Crippen molar-refractivity contribution in [3.8, 4) is 0 Å². The molecule has 2 rings (SSSR count). The number of esters is 1. The number of nitrogens with one attached hydrogen (secondary N) is 1. The summed E-state index contributed by atoms with van der Waals surface area (Å²) in [6.45, 7) is 5.91. The van der Waals surface area contributed by atoms with E-state index < -0.39 is 5.97 Å². The van der Waals surface area contributed by atoms with Gasteiger partial charge in [-0.3, -0.25) is 4.79 Å². The average Bonchev–Trinajstić information content (AvgIpc) is 2.83. The number of nitrogens with two attached hydrogens (primary N) is 1. The number of rotatable bonds is 5. The highest BCUT2D eigenvalue weighted by Gasteiger charge is 2.23. The Morgan fingerprint density at radius 1 is 1.35 bits per heavy atom. The maximum atomic E-state index is 12.3. The molecule has 0 unspecified atom stereocenters. The number of amides is 1. The van der Waals surface area contributed by atoms with Gasteiger partial charge < -0.3 is 15.8 Å². The van der Waals surface area contributed by atoms with Crippen molar-refractivity contribution >= 4 is 33.9 Å². The summed E-state index contributed by atoms with van der Waals surface area (Å²) in [6.07, 6.45) is 2.10. The van der Waals surface area contributed by atoms with Crippen molar-refractivity contribution in [3.05, 3.63) is 40.0 Å². The molecule has 0 aliphatic heterocycles. The van der Waals surface area contributed by atoms with Crippen molar-refractivity contribution in [1.29, 1.82) is 0 Å². The molecule has 3 N–H and O–H groups in total. The normalized spacial score (nSPS) is 10.4. The van der Waals surface area contributed by atoms with Crippen LogP contribution in [0.3, 0.4) is 0 Å². The van der Waals surface area contributed by atoms with Crippen LogP contribution in [0.2, 0.25) is 0 Å². The Kier molecular flexibility index (Phi) is 5.33. The van der Waals surface area contributed by atoms with Crippen molar-refractivity contribution in [3.63, 3.8) is 0 Å². The average molecular weight is 333 g/mol. The number of thiophene rings is 1. The Hall–Kier alpha value is -2.41. The molecular formula is C16H19N3O3S. The summed E-state index contributed by atoms with van der Waals surface area (Å²) in [6, 6.07) is 3.14. The summed E-state index contributed by atoms with van der Waals surface area (Å²) in [5, 5.41) is 3.24. The highest BCUT2D eigenvalue weighted by Crippen LogP contribution is 2.34. The summed E-state index contributed by atoms with van der Waals surface area (Å²) in [5.74, 6) is -0.811. The van der Waals surface area contributed by atoms with Crippen LogP contribution < -0.4 is 11.1 Å². The van der Waals surface area contributed by atoms with Crippen LogP contribution in [0.5, 0.6) is 0 Å². The number of carbonyl (C=O) groups is 2. The minimum absolute atomic E-state index is 0.234. The number of ether oxygens (including phenoxy) is 1. The third-order valence-electron chi connectivity index (χ3n) is 3.29. The number of hydrogen-bond acceptors (Lipinski definition) is 6. The fraction of sp³-hybridized carbons (Fsp3) is 0.312. The molecule has 0 radical (unpaired) electrons. The van der Waals surface area contributed by atoms with Crippen molar-refractivity contribution < 1.29 is 14.3 Å². The van der Waals surface area contributed by atoms with Gasteiger partial charge in [-0.15, -0.1) is 11.3 Å². The molecule has 0 saturated heterocycles. The molecule has 2 aromatic rings. The van der Waals surface area contributed by atoms with E-state index in [0.717, 1.165) is 10.4 Å². The smallest absolute Gasteiger partial charge is 0.341 e. The molecule has 2 heterocycles. The molecule has 0 aliphatic rings. The molecule has 7 heteroatoms. The van der Waals surface area contributed by atoms with E-state index in [0.29, 0.717) is 22.7 Å². The number of hydrogen-bond donors (Lipinski definition) is 2. The Bertz CT molecular complexity index is 723. The first-order chi connectivity index (χ1) is 11.0. The van der Waals surface area contributed by atoms with E-state index in [1.54, 1.807) is 13.0 Å². The van der Waals surface area contributed by atoms with Crippen LogP contribution >= 0.6 is 11.3 Å². The Morgan fingerprint density at radius 3 is 2.65 bits per heavy atom. The highest BCUT2D eigenvalue weighted by atomic mass is 32.1. The number of aryl methyl sites for hydroxylation is 1. The number of aromatic nitrogens is 1. The fourth-order valence-electron chi connectivity index (χ4n) is 2.22. The second-order valence-electron chi connectivity index (χ2n) is 4.85. The first kappa shape index (κ1) is 17.0. The molecule has 6 nitrogen and oxygen atoms in total. The van der Waals surface area contributed by atoms with Crippen molar-refractivity contribution in [1.82, 2.24) is 4.98 Å². The minimum Gasteiger partial charge on any atom is -0.462 e. The summed E-state index contributed by atoms with van der Waals surface area (Å²) in [7, 11) is 0. The van der Waals surface area contributed by atoms with Crippen molar-refractivity contribution in [2.24, 2.45) is 0 Å². The van der Waals surface area contributed by atoms with Gasteiger partial charge in [-0.2, -0.15) is 0 Å². The van der Waals surface area contributed by atoms with E-state index in [1.807, 2.05) is 13.8 Å². The lowest BCUT2D eigenvalue weighted by Gasteiger charge is -2.07. The maximum Gasteiger partial charge on any atom is 0.341 e. The zero-order valence-electron chi connectivity index (χ0n) is 13.3. The van der Waals surface area contributed by atoms with Gasteiger partial charge in [0.05, 0.1) is 24.1 Å². The first-order valence-electron chi connectivity index (χ1n) is 7.30. The topological polar surface area (TPSA) is 94.3 Å². The molecule has 0 saturated carbocycles. The molecule has 0 bridgehead atoms. The predicted molar refractivity (Wildman–Crippen MR) is 91.0 cm³/mol. The Labute approximate surface area is 138 Å². The Morgan fingerprint density at radius 2 is 2.09 bits per heavy atom. The van der Waals surface area contributed by atoms with E-state index in [2.05, 4.69) is 10.3 Å². The molecule has 2 aromatic heterocycles. The predicted octanol–water partition coefficient (Wildman–Crippen LogP) is 3.03. The standard InChI is InChI=1S/C16H19N3O3S/c1-4-11-9(3)23-15(13(11)16(21)22-5-2)19-14(20)12-7-6-10(17)8-18-12/h6-8H,4-5,17H2,1-3H3,(H,19,20). The van der Waals surface area contributed by atoms with Crippen molar-refractivity contribution in [2.75, 3.05) is 17.7 Å². The quantitative estimate of drug-likeness (QED) is 0.820. The van der Waals surface area contributed by atoms with Gasteiger partial charge in [0, 0.05) is 4.88 Å². The van der Waals surface area contributed by atoms with Crippen LogP contribution in [0.1, 0.15) is 45.1 Å². The fourth-order valence-corrected chi connectivity index (χ4v) is 3.35. The van der Waals surface area contributed by atoms with Gasteiger partial charge >= 0.3 is 5.97 Å². The second kappa shape index (κ2) is 7.23. The number of nitrogen functional groups attached to an aromatic ring is 1. The van der Waals surface area contributed by atoms with E-state index in [1.165, 1.54) is 23.6 Å². The van der Waals surface area contributed by atoms with E-state index >= 15 is 0 Å². The number of carbonyl (C=O) groups excluding carboxylic acids is 2. The molecule has 0 fully saturated rings. The SMILES string of the molecule is CCOC(=O)c1c(NC(=O)c2ccc(N)cn2)sc(C)c1CC. The third-order valence-corrected chi connectivity index (χ3v) is 4.35. The van der Waals surface area contributed by atoms with Crippen LogP contribution in [-0.2, 0) is 11.2 Å². The molecule has 23 heavy (non-hydrogen) atoms. The molecule has 0 aromatic carbocycles. The lowest BCUT2D eigenvalue weighted by molar-refractivity contribution is 0.0527. The molecule has 0 aliphatic carbocycles. The summed E-state index contributed by atoms with van der Waals surface area (Å²) < 4.78 is 5.11. The minimum atomic E-state index is -0.422. The van der Waals surface area contributed by atoms with E-state index in [9.17, 15) is 9.59 Å². The van der Waals surface area contributed by atoms with Crippen LogP contribution in [0.15, 0.2) is 18.3 Å². The maximum absolute atomic E-state index is 12.3. The van der Waals surface area contributed by atoms with Crippen LogP contribution in [0.25, 0.3) is 0 Å². The summed E-state index contributed by atoms with van der Waals surface area (Å²) in [4.78, 5) is 29.5. The largest absolute Gasteiger partial charge is 0.462 e. The lowest BCUT2D eigenvalue weighted by Crippen LogP contribution is -2.16. The van der Waals surface area contributed by atoms with E-state index in [-0.39, 0.29) is 18.2 Å². The number of nitrogens with zero attached hydrogens (tertiary/aromatic N) is 1.